The highest BCUT2D eigenvalue weighted by molar-refractivity contribution is 5.82. The molecular formula is C19H34N2O3. The van der Waals surface area contributed by atoms with Crippen LogP contribution in [0.1, 0.15) is 48.0 Å². The van der Waals surface area contributed by atoms with Crippen LogP contribution in [0.25, 0.3) is 0 Å². The van der Waals surface area contributed by atoms with Gasteiger partial charge in [-0.15, -0.1) is 0 Å². The number of nitrogens with zero attached hydrogens (tertiary/aromatic N) is 2. The van der Waals surface area contributed by atoms with Crippen molar-refractivity contribution in [2.24, 2.45) is 29.1 Å². The van der Waals surface area contributed by atoms with E-state index in [-0.39, 0.29) is 12.0 Å². The summed E-state index contributed by atoms with van der Waals surface area (Å²) in [6.45, 7) is 16.3. The van der Waals surface area contributed by atoms with E-state index in [2.05, 4.69) is 27.7 Å². The van der Waals surface area contributed by atoms with Crippen molar-refractivity contribution in [1.82, 2.24) is 9.80 Å². The fourth-order valence-electron chi connectivity index (χ4n) is 3.20. The molecule has 5 heteroatoms. The van der Waals surface area contributed by atoms with Crippen molar-refractivity contribution in [2.75, 3.05) is 32.8 Å². The second-order valence-electron chi connectivity index (χ2n) is 8.87. The van der Waals surface area contributed by atoms with Crippen molar-refractivity contribution >= 4 is 12.0 Å². The van der Waals surface area contributed by atoms with Gasteiger partial charge in [0.05, 0.1) is 6.61 Å². The highest BCUT2D eigenvalue weighted by Crippen LogP contribution is 2.31. The van der Waals surface area contributed by atoms with Gasteiger partial charge in [-0.2, -0.15) is 0 Å². The quantitative estimate of drug-likeness (QED) is 0.747. The molecule has 0 aromatic rings. The summed E-state index contributed by atoms with van der Waals surface area (Å²) in [6.07, 6.45) is 0.334. The van der Waals surface area contributed by atoms with E-state index >= 15 is 0 Å². The van der Waals surface area contributed by atoms with E-state index in [9.17, 15) is 9.59 Å². The molecule has 2 saturated heterocycles. The first-order chi connectivity index (χ1) is 11.1. The normalized spacial score (nSPS) is 19.5. The predicted octanol–water partition coefficient (Wildman–Crippen LogP) is 3.24. The van der Waals surface area contributed by atoms with E-state index in [1.807, 2.05) is 18.7 Å². The van der Waals surface area contributed by atoms with Crippen molar-refractivity contribution in [2.45, 2.75) is 48.0 Å². The first kappa shape index (κ1) is 19.1. The molecule has 0 saturated carbocycles. The molecule has 0 aromatic carbocycles. The van der Waals surface area contributed by atoms with E-state index < -0.39 is 5.41 Å². The lowest BCUT2D eigenvalue weighted by molar-refractivity contribution is -0.149. The number of likely N-dealkylation sites (tertiary alicyclic amines) is 2. The van der Waals surface area contributed by atoms with Crippen LogP contribution in [-0.2, 0) is 9.53 Å². The molecule has 0 spiro atoms. The van der Waals surface area contributed by atoms with Gasteiger partial charge in [-0.3, -0.25) is 4.79 Å². The predicted molar refractivity (Wildman–Crippen MR) is 94.6 cm³/mol. The minimum Gasteiger partial charge on any atom is -0.449 e. The molecule has 2 aliphatic heterocycles. The topological polar surface area (TPSA) is 49.9 Å². The summed E-state index contributed by atoms with van der Waals surface area (Å²) in [5, 5.41) is 0. The molecule has 2 aliphatic rings. The highest BCUT2D eigenvalue weighted by atomic mass is 16.6. The van der Waals surface area contributed by atoms with Gasteiger partial charge >= 0.3 is 6.09 Å². The summed E-state index contributed by atoms with van der Waals surface area (Å²) in [7, 11) is 0. The number of carbonyl (C=O) groups excluding carboxylic acids is 2. The Morgan fingerprint density at radius 3 is 1.88 bits per heavy atom. The Bertz CT molecular complexity index is 461. The van der Waals surface area contributed by atoms with Crippen molar-refractivity contribution in [3.8, 4) is 0 Å². The van der Waals surface area contributed by atoms with Gasteiger partial charge in [0.1, 0.15) is 0 Å². The molecule has 2 heterocycles. The zero-order valence-corrected chi connectivity index (χ0v) is 16.2. The molecule has 0 bridgehead atoms. The van der Waals surface area contributed by atoms with Crippen LogP contribution in [0.3, 0.4) is 0 Å². The summed E-state index contributed by atoms with van der Waals surface area (Å²) in [6, 6.07) is 0. The van der Waals surface area contributed by atoms with Crippen LogP contribution in [-0.4, -0.2) is 54.6 Å². The van der Waals surface area contributed by atoms with Crippen molar-refractivity contribution < 1.29 is 14.3 Å². The van der Waals surface area contributed by atoms with E-state index in [1.165, 1.54) is 0 Å². The molecule has 0 radical (unpaired) electrons. The second-order valence-corrected chi connectivity index (χ2v) is 8.87. The number of carbonyl (C=O) groups is 2. The van der Waals surface area contributed by atoms with E-state index in [1.54, 1.807) is 4.90 Å². The Morgan fingerprint density at radius 2 is 1.42 bits per heavy atom. The first-order valence-electron chi connectivity index (χ1n) is 9.33. The molecule has 5 nitrogen and oxygen atoms in total. The highest BCUT2D eigenvalue weighted by Gasteiger charge is 2.40. The van der Waals surface area contributed by atoms with E-state index in [4.69, 9.17) is 4.74 Å². The zero-order valence-electron chi connectivity index (χ0n) is 16.2. The molecule has 0 aromatic heterocycles. The maximum Gasteiger partial charge on any atom is 0.409 e. The van der Waals surface area contributed by atoms with Crippen molar-refractivity contribution in [1.29, 1.82) is 0 Å². The third-order valence-corrected chi connectivity index (χ3v) is 5.78. The number of hydrogen-bond donors (Lipinski definition) is 0. The van der Waals surface area contributed by atoms with Gasteiger partial charge in [0.15, 0.2) is 0 Å². The lowest BCUT2D eigenvalue weighted by Crippen LogP contribution is -2.55. The fraction of sp³-hybridized carbons (Fsp3) is 0.895. The maximum absolute atomic E-state index is 12.6. The van der Waals surface area contributed by atoms with Gasteiger partial charge in [-0.05, 0) is 30.1 Å². The largest absolute Gasteiger partial charge is 0.449 e. The molecule has 24 heavy (non-hydrogen) atoms. The summed E-state index contributed by atoms with van der Waals surface area (Å²) in [4.78, 5) is 28.3. The van der Waals surface area contributed by atoms with Gasteiger partial charge in [0.25, 0.3) is 0 Å². The fourth-order valence-corrected chi connectivity index (χ4v) is 3.20. The van der Waals surface area contributed by atoms with Crippen LogP contribution >= 0.6 is 0 Å². The number of hydrogen-bond acceptors (Lipinski definition) is 3. The minimum atomic E-state index is -0.475. The monoisotopic (exact) mass is 338 g/mol. The number of rotatable bonds is 6. The smallest absolute Gasteiger partial charge is 0.409 e. The van der Waals surface area contributed by atoms with E-state index in [0.29, 0.717) is 36.7 Å². The summed E-state index contributed by atoms with van der Waals surface area (Å²) in [5.41, 5.74) is -0.475. The minimum absolute atomic E-state index is 0.180. The zero-order chi connectivity index (χ0) is 18.1. The van der Waals surface area contributed by atoms with Gasteiger partial charge < -0.3 is 14.5 Å². The SMILES string of the molecule is CC(C)C1CN(C(=O)OCCC(C)(C)C(=O)N2CC(C(C)C)C2)C1. The molecule has 138 valence electrons. The van der Waals surface area contributed by atoms with Gasteiger partial charge in [-0.1, -0.05) is 41.5 Å². The molecule has 0 aliphatic carbocycles. The summed E-state index contributed by atoms with van der Waals surface area (Å²) >= 11 is 0. The van der Waals surface area contributed by atoms with Crippen LogP contribution in [0.2, 0.25) is 0 Å². The van der Waals surface area contributed by atoms with Crippen LogP contribution in [0.5, 0.6) is 0 Å². The molecular weight excluding hydrogens is 304 g/mol. The van der Waals surface area contributed by atoms with Gasteiger partial charge in [0.2, 0.25) is 5.91 Å². The standard InChI is InChI=1S/C19H34N2O3/c1-13(2)15-9-20(10-15)17(22)19(5,6)7-8-24-18(23)21-11-16(12-21)14(3)4/h13-16H,7-12H2,1-6H3. The summed E-state index contributed by atoms with van der Waals surface area (Å²) < 4.78 is 5.37. The van der Waals surface area contributed by atoms with E-state index in [0.717, 1.165) is 26.2 Å². The average Bonchev–Trinajstić information content (AvgIpc) is 2.33. The number of ether oxygens (including phenoxy) is 1. The summed E-state index contributed by atoms with van der Waals surface area (Å²) in [5.74, 6) is 2.64. The second kappa shape index (κ2) is 7.32. The molecule has 2 amide bonds. The Hall–Kier alpha value is -1.26. The van der Waals surface area contributed by atoms with Crippen LogP contribution < -0.4 is 0 Å². The van der Waals surface area contributed by atoms with Crippen LogP contribution in [0, 0.1) is 29.1 Å². The Morgan fingerprint density at radius 1 is 0.958 bits per heavy atom. The maximum atomic E-state index is 12.6. The van der Waals surface area contributed by atoms with Gasteiger partial charge in [0, 0.05) is 31.6 Å². The Balaban J connectivity index is 1.67. The molecule has 2 rings (SSSR count). The average molecular weight is 338 g/mol. The molecule has 0 N–H and O–H groups in total. The van der Waals surface area contributed by atoms with Crippen LogP contribution in [0.4, 0.5) is 4.79 Å². The van der Waals surface area contributed by atoms with Crippen LogP contribution in [0.15, 0.2) is 0 Å². The van der Waals surface area contributed by atoms with Crippen molar-refractivity contribution in [3.05, 3.63) is 0 Å². The lowest BCUT2D eigenvalue weighted by Gasteiger charge is -2.45. The molecule has 0 unspecified atom stereocenters. The van der Waals surface area contributed by atoms with Gasteiger partial charge in [-0.25, -0.2) is 4.79 Å². The van der Waals surface area contributed by atoms with Crippen molar-refractivity contribution in [3.63, 3.8) is 0 Å². The molecule has 0 atom stereocenters. The first-order valence-corrected chi connectivity index (χ1v) is 9.33. The lowest BCUT2D eigenvalue weighted by atomic mass is 9.82. The third kappa shape index (κ3) is 4.22. The molecule has 2 fully saturated rings. The Kier molecular flexibility index (Phi) is 5.82. The number of amides is 2. The Labute approximate surface area is 146 Å². The third-order valence-electron chi connectivity index (χ3n) is 5.78.